The predicted molar refractivity (Wildman–Crippen MR) is 60.4 cm³/mol. The Bertz CT molecular complexity index is 747. The normalized spacial score (nSPS) is 13.4. The highest BCUT2D eigenvalue weighted by Gasteiger charge is 2.51. The molecule has 0 radical (unpaired) electrons. The number of aryl methyl sites for hydroxylation is 1. The van der Waals surface area contributed by atoms with E-state index in [0.29, 0.717) is 5.82 Å². The molecule has 1 aromatic heterocycles. The summed E-state index contributed by atoms with van der Waals surface area (Å²) in [5, 5.41) is -0.755. The number of halogens is 6. The number of nitrogens with one attached hydrogen (secondary N) is 1. The fraction of sp³-hybridized carbons (Fsp3) is 0.625. The summed E-state index contributed by atoms with van der Waals surface area (Å²) < 4.78 is 119. The molecule has 0 atom stereocenters. The minimum absolute atomic E-state index is 0.153. The van der Waals surface area contributed by atoms with Gasteiger partial charge in [0.1, 0.15) is 6.20 Å². The van der Waals surface area contributed by atoms with Crippen LogP contribution in [-0.2, 0) is 26.5 Å². The van der Waals surface area contributed by atoms with Crippen LogP contribution in [0.25, 0.3) is 0 Å². The molecule has 1 N–H and O–H groups in total. The highest BCUT2D eigenvalue weighted by atomic mass is 32.2. The van der Waals surface area contributed by atoms with Gasteiger partial charge in [0.15, 0.2) is 10.1 Å². The average Bonchev–Trinajstić information content (AvgIpc) is 2.67. The second-order valence-corrected chi connectivity index (χ2v) is 7.06. The Kier molecular flexibility index (Phi) is 6.25. The molecule has 136 valence electrons. The van der Waals surface area contributed by atoms with Crippen LogP contribution < -0.4 is 4.57 Å². The van der Waals surface area contributed by atoms with Gasteiger partial charge in [-0.25, -0.2) is 26.4 Å². The third-order valence-electron chi connectivity index (χ3n) is 2.26. The smallest absolute Gasteiger partial charge is 0.505 e. The predicted octanol–water partition coefficient (Wildman–Crippen LogP) is 0.975. The Morgan fingerprint density at radius 2 is 1.48 bits per heavy atom. The number of hydrogen-bond donors (Lipinski definition) is 1. The number of aromatic amines is 1. The van der Waals surface area contributed by atoms with E-state index in [1.54, 1.807) is 6.92 Å². The van der Waals surface area contributed by atoms with Gasteiger partial charge in [-0.15, -0.1) is 0 Å². The number of aromatic nitrogens is 2. The summed E-state index contributed by atoms with van der Waals surface area (Å²) in [4.78, 5) is 2.45. The first-order valence-corrected chi connectivity index (χ1v) is 8.27. The summed E-state index contributed by atoms with van der Waals surface area (Å²) in [6.45, 7) is 3.22. The molecular formula is C8H10F6N2O5S2. The topological polar surface area (TPSA) is 111 Å². The summed E-state index contributed by atoms with van der Waals surface area (Å²) in [6.07, 6.45) is 0.849. The first-order valence-electron chi connectivity index (χ1n) is 5.38. The zero-order chi connectivity index (χ0) is 18.9. The summed E-state index contributed by atoms with van der Waals surface area (Å²) >= 11 is 0. The van der Waals surface area contributed by atoms with Gasteiger partial charge >= 0.3 is 20.9 Å². The van der Waals surface area contributed by atoms with Gasteiger partial charge < -0.3 is 4.55 Å². The van der Waals surface area contributed by atoms with E-state index in [1.165, 1.54) is 6.92 Å². The average molecular weight is 392 g/mol. The van der Waals surface area contributed by atoms with E-state index in [1.807, 2.05) is 0 Å². The van der Waals surface area contributed by atoms with Crippen molar-refractivity contribution >= 4 is 20.0 Å². The number of H-pyrrole nitrogens is 1. The van der Waals surface area contributed by atoms with E-state index >= 15 is 0 Å². The molecule has 15 heteroatoms. The molecule has 0 saturated carbocycles. The molecule has 0 saturated heterocycles. The van der Waals surface area contributed by atoms with Crippen LogP contribution in [0.3, 0.4) is 0 Å². The lowest BCUT2D eigenvalue weighted by molar-refractivity contribution is -0.734. The number of nitrogens with zero attached hydrogens (tertiary/aromatic N) is 1. The van der Waals surface area contributed by atoms with E-state index in [0.717, 1.165) is 10.8 Å². The van der Waals surface area contributed by atoms with Gasteiger partial charge in [0.25, 0.3) is 10.9 Å². The van der Waals surface area contributed by atoms with Crippen LogP contribution >= 0.6 is 0 Å². The monoisotopic (exact) mass is 392 g/mol. The lowest BCUT2D eigenvalue weighted by atomic mass is 10.6. The third-order valence-corrected chi connectivity index (χ3v) is 4.32. The molecule has 23 heavy (non-hydrogen) atoms. The largest absolute Gasteiger partial charge is 0.741 e. The van der Waals surface area contributed by atoms with Gasteiger partial charge in [0.05, 0.1) is 6.54 Å². The summed E-state index contributed by atoms with van der Waals surface area (Å²) in [6, 6.07) is 0. The van der Waals surface area contributed by atoms with Gasteiger partial charge in [-0.2, -0.15) is 26.3 Å². The molecule has 0 aliphatic rings. The van der Waals surface area contributed by atoms with Crippen LogP contribution in [0.15, 0.2) is 11.2 Å². The van der Waals surface area contributed by atoms with Crippen LogP contribution in [-0.4, -0.2) is 37.4 Å². The van der Waals surface area contributed by atoms with E-state index in [4.69, 9.17) is 13.0 Å². The maximum atomic E-state index is 12.2. The van der Waals surface area contributed by atoms with Crippen LogP contribution in [0, 0.1) is 6.92 Å². The molecule has 0 aliphatic heterocycles. The molecule has 0 unspecified atom stereocenters. The zero-order valence-corrected chi connectivity index (χ0v) is 13.0. The number of sulfone groups is 1. The van der Waals surface area contributed by atoms with Gasteiger partial charge in [-0.1, -0.05) is 0 Å². The standard InChI is InChI=1S/C7H9F3N2O2S.CHF3O3S/c1-3-12-5(2)11-4-6(12)15(13,14)7(8,9)10;2-1(3,4)8(5,6)7/h4H,3H2,1-2H3;(H,5,6,7). The van der Waals surface area contributed by atoms with Crippen molar-refractivity contribution in [1.29, 1.82) is 0 Å². The highest BCUT2D eigenvalue weighted by Crippen LogP contribution is 2.28. The molecule has 1 rings (SSSR count). The molecule has 1 aromatic rings. The second-order valence-electron chi connectivity index (χ2n) is 3.81. The molecule has 0 amide bonds. The lowest BCUT2D eigenvalue weighted by Crippen LogP contribution is -2.42. The van der Waals surface area contributed by atoms with Crippen molar-refractivity contribution in [2.24, 2.45) is 0 Å². The van der Waals surface area contributed by atoms with E-state index in [9.17, 15) is 34.8 Å². The molecule has 0 bridgehead atoms. The fourth-order valence-electron chi connectivity index (χ4n) is 1.22. The molecule has 7 nitrogen and oxygen atoms in total. The Morgan fingerprint density at radius 1 is 1.09 bits per heavy atom. The summed E-state index contributed by atoms with van der Waals surface area (Å²) in [5.41, 5.74) is -10.9. The highest BCUT2D eigenvalue weighted by molar-refractivity contribution is 7.92. The molecule has 1 heterocycles. The quantitative estimate of drug-likeness (QED) is 0.349. The zero-order valence-electron chi connectivity index (χ0n) is 11.4. The van der Waals surface area contributed by atoms with Gasteiger partial charge in [0.2, 0.25) is 0 Å². The van der Waals surface area contributed by atoms with Crippen LogP contribution in [0.1, 0.15) is 12.7 Å². The van der Waals surface area contributed by atoms with Gasteiger partial charge in [-0.3, -0.25) is 0 Å². The maximum absolute atomic E-state index is 12.2. The second kappa shape index (κ2) is 6.64. The van der Waals surface area contributed by atoms with Crippen molar-refractivity contribution in [3.8, 4) is 0 Å². The Balaban J connectivity index is 0.000000515. The number of hydrogen-bond acceptors (Lipinski definition) is 5. The van der Waals surface area contributed by atoms with Crippen molar-refractivity contribution in [2.75, 3.05) is 0 Å². The van der Waals surface area contributed by atoms with Crippen molar-refractivity contribution in [3.63, 3.8) is 0 Å². The Morgan fingerprint density at radius 3 is 1.74 bits per heavy atom. The number of alkyl halides is 6. The first-order chi connectivity index (χ1) is 9.96. The first kappa shape index (κ1) is 21.6. The van der Waals surface area contributed by atoms with E-state index in [-0.39, 0.29) is 6.54 Å². The lowest BCUT2D eigenvalue weighted by Gasteiger charge is -2.08. The summed E-state index contributed by atoms with van der Waals surface area (Å²) in [7, 11) is -11.4. The number of imidazole rings is 1. The number of rotatable bonds is 2. The van der Waals surface area contributed by atoms with Crippen molar-refractivity contribution in [2.45, 2.75) is 36.4 Å². The minimum Gasteiger partial charge on any atom is -0.741 e. The van der Waals surface area contributed by atoms with Crippen molar-refractivity contribution in [3.05, 3.63) is 12.0 Å². The molecule has 0 aromatic carbocycles. The minimum atomic E-state index is -6.09. The van der Waals surface area contributed by atoms with Crippen LogP contribution in [0.2, 0.25) is 0 Å². The Hall–Kier alpha value is -1.35. The van der Waals surface area contributed by atoms with Crippen molar-refractivity contribution < 1.29 is 52.3 Å². The van der Waals surface area contributed by atoms with Gasteiger partial charge in [-0.05, 0) is 6.92 Å². The van der Waals surface area contributed by atoms with Crippen LogP contribution in [0.5, 0.6) is 0 Å². The maximum Gasteiger partial charge on any atom is 0.505 e. The van der Waals surface area contributed by atoms with E-state index < -0.39 is 36.0 Å². The van der Waals surface area contributed by atoms with Crippen molar-refractivity contribution in [1.82, 2.24) is 4.98 Å². The van der Waals surface area contributed by atoms with Gasteiger partial charge in [0, 0.05) is 6.92 Å². The SMILES string of the molecule is CC[n+]1c(S(=O)(=O)C(F)(F)F)c[nH]c1C.O=S(=O)([O-])C(F)(F)F. The molecule has 0 spiro atoms. The molecule has 0 fully saturated rings. The Labute approximate surface area is 126 Å². The van der Waals surface area contributed by atoms with E-state index in [2.05, 4.69) is 4.98 Å². The van der Waals surface area contributed by atoms with Crippen LogP contribution in [0.4, 0.5) is 26.3 Å². The molecule has 0 aliphatic carbocycles. The molecular weight excluding hydrogens is 382 g/mol. The summed E-state index contributed by atoms with van der Waals surface area (Å²) in [5.74, 6) is 0.361. The fourth-order valence-corrected chi connectivity index (χ4v) is 2.23. The third kappa shape index (κ3) is 5.07.